The van der Waals surface area contributed by atoms with Gasteiger partial charge in [-0.1, -0.05) is 18.3 Å². The van der Waals surface area contributed by atoms with E-state index in [0.717, 1.165) is 11.8 Å². The minimum atomic E-state index is -0.0586. The van der Waals surface area contributed by atoms with E-state index in [0.29, 0.717) is 0 Å². The Kier molecular flexibility index (Phi) is 4.25. The predicted molar refractivity (Wildman–Crippen MR) is 33.5 cm³/mol. The molecule has 0 N–H and O–H groups in total. The van der Waals surface area contributed by atoms with Gasteiger partial charge in [-0.3, -0.25) is 4.79 Å². The van der Waals surface area contributed by atoms with Gasteiger partial charge in [0.1, 0.15) is 0 Å². The van der Waals surface area contributed by atoms with Gasteiger partial charge in [-0.05, 0) is 5.41 Å². The molecule has 0 spiro atoms. The van der Waals surface area contributed by atoms with Crippen molar-refractivity contribution in [3.63, 3.8) is 0 Å². The zero-order valence-corrected chi connectivity index (χ0v) is 5.26. The molecule has 0 amide bonds. The zero-order valence-electron chi connectivity index (χ0n) is 3.69. The number of carbonyl (C=O) groups excluding carboxylic acids is 1. The molecule has 0 radical (unpaired) electrons. The van der Waals surface area contributed by atoms with E-state index < -0.39 is 0 Å². The van der Waals surface area contributed by atoms with E-state index in [4.69, 9.17) is 11.6 Å². The summed E-state index contributed by atoms with van der Waals surface area (Å²) in [5, 5.41) is 1.40. The highest BCUT2D eigenvalue weighted by molar-refractivity contribution is 8.16. The SMILES string of the molecule is C=CSC(=O)CCl. The summed E-state index contributed by atoms with van der Waals surface area (Å²) in [5.74, 6) is 0.0662. The molecule has 0 saturated carbocycles. The van der Waals surface area contributed by atoms with Gasteiger partial charge in [-0.15, -0.1) is 11.6 Å². The molecule has 0 aromatic carbocycles. The average molecular weight is 137 g/mol. The third-order valence-electron chi connectivity index (χ3n) is 0.324. The van der Waals surface area contributed by atoms with Crippen molar-refractivity contribution in [3.05, 3.63) is 12.0 Å². The lowest BCUT2D eigenvalue weighted by Crippen LogP contribution is -1.87. The summed E-state index contributed by atoms with van der Waals surface area (Å²) in [6.07, 6.45) is 0. The maximum Gasteiger partial charge on any atom is 0.207 e. The maximum absolute atomic E-state index is 10.2. The lowest BCUT2D eigenvalue weighted by Gasteiger charge is -1.81. The van der Waals surface area contributed by atoms with Crippen LogP contribution in [-0.4, -0.2) is 11.0 Å². The van der Waals surface area contributed by atoms with E-state index in [1.54, 1.807) is 0 Å². The monoisotopic (exact) mass is 136 g/mol. The normalized spacial score (nSPS) is 8.14. The van der Waals surface area contributed by atoms with Crippen LogP contribution in [0.2, 0.25) is 0 Å². The summed E-state index contributed by atoms with van der Waals surface area (Å²) < 4.78 is 0. The largest absolute Gasteiger partial charge is 0.285 e. The van der Waals surface area contributed by atoms with Crippen molar-refractivity contribution < 1.29 is 4.79 Å². The number of rotatable bonds is 2. The quantitative estimate of drug-likeness (QED) is 0.537. The molecule has 3 heteroatoms. The lowest BCUT2D eigenvalue weighted by molar-refractivity contribution is -0.108. The minimum absolute atomic E-state index is 0.0586. The highest BCUT2D eigenvalue weighted by Crippen LogP contribution is 2.01. The van der Waals surface area contributed by atoms with Crippen molar-refractivity contribution in [2.75, 3.05) is 5.88 Å². The molecule has 0 heterocycles. The Morgan fingerprint density at radius 1 is 2.00 bits per heavy atom. The molecule has 0 aliphatic heterocycles. The molecule has 7 heavy (non-hydrogen) atoms. The summed E-state index contributed by atoms with van der Waals surface area (Å²) in [6.45, 7) is 3.33. The summed E-state index contributed by atoms with van der Waals surface area (Å²) in [5.41, 5.74) is 0. The molecule has 0 bridgehead atoms. The molecule has 0 rings (SSSR count). The van der Waals surface area contributed by atoms with E-state index in [9.17, 15) is 4.79 Å². The Morgan fingerprint density at radius 2 is 2.57 bits per heavy atom. The molecule has 0 aromatic rings. The molecule has 0 atom stereocenters. The van der Waals surface area contributed by atoms with Gasteiger partial charge < -0.3 is 0 Å². The minimum Gasteiger partial charge on any atom is -0.285 e. The fraction of sp³-hybridized carbons (Fsp3) is 0.250. The molecule has 1 nitrogen and oxygen atoms in total. The summed E-state index contributed by atoms with van der Waals surface area (Å²) >= 11 is 6.14. The smallest absolute Gasteiger partial charge is 0.207 e. The Hall–Kier alpha value is 0.0500. The van der Waals surface area contributed by atoms with Crippen LogP contribution in [0.1, 0.15) is 0 Å². The second kappa shape index (κ2) is 4.22. The Bertz CT molecular complexity index is 81.8. The average Bonchev–Trinajstić information content (AvgIpc) is 1.68. The third-order valence-corrected chi connectivity index (χ3v) is 1.30. The first-order chi connectivity index (χ1) is 3.31. The van der Waals surface area contributed by atoms with Gasteiger partial charge in [0.2, 0.25) is 5.12 Å². The van der Waals surface area contributed by atoms with Crippen molar-refractivity contribution >= 4 is 28.5 Å². The summed E-state index contributed by atoms with van der Waals surface area (Å²) in [4.78, 5) is 10.2. The van der Waals surface area contributed by atoms with Crippen LogP contribution in [0.5, 0.6) is 0 Å². The molecule has 0 aromatic heterocycles. The van der Waals surface area contributed by atoms with Gasteiger partial charge in [-0.2, -0.15) is 0 Å². The summed E-state index contributed by atoms with van der Waals surface area (Å²) in [7, 11) is 0. The summed E-state index contributed by atoms with van der Waals surface area (Å²) in [6, 6.07) is 0. The van der Waals surface area contributed by atoms with Gasteiger partial charge in [0, 0.05) is 0 Å². The second-order valence-electron chi connectivity index (χ2n) is 0.790. The maximum atomic E-state index is 10.2. The predicted octanol–water partition coefficient (Wildman–Crippen LogP) is 1.63. The fourth-order valence-corrected chi connectivity index (χ4v) is 0.562. The molecule has 0 aliphatic rings. The van der Waals surface area contributed by atoms with Crippen molar-refractivity contribution in [2.45, 2.75) is 0 Å². The van der Waals surface area contributed by atoms with Gasteiger partial charge in [0.05, 0.1) is 5.88 Å². The molecule has 0 aliphatic carbocycles. The molecular weight excluding hydrogens is 132 g/mol. The van der Waals surface area contributed by atoms with Gasteiger partial charge in [0.25, 0.3) is 0 Å². The van der Waals surface area contributed by atoms with Crippen molar-refractivity contribution in [1.82, 2.24) is 0 Å². The van der Waals surface area contributed by atoms with Gasteiger partial charge in [0.15, 0.2) is 0 Å². The van der Waals surface area contributed by atoms with Gasteiger partial charge >= 0.3 is 0 Å². The van der Waals surface area contributed by atoms with Gasteiger partial charge in [-0.25, -0.2) is 0 Å². The van der Waals surface area contributed by atoms with Crippen LogP contribution in [-0.2, 0) is 4.79 Å². The van der Waals surface area contributed by atoms with E-state index >= 15 is 0 Å². The number of halogens is 1. The Labute approximate surface area is 51.7 Å². The van der Waals surface area contributed by atoms with E-state index in [1.807, 2.05) is 0 Å². The number of alkyl halides is 1. The molecule has 0 saturated heterocycles. The topological polar surface area (TPSA) is 17.1 Å². The van der Waals surface area contributed by atoms with Crippen LogP contribution < -0.4 is 0 Å². The fourth-order valence-electron chi connectivity index (χ4n) is 0.124. The van der Waals surface area contributed by atoms with Crippen LogP contribution in [0, 0.1) is 0 Å². The first-order valence-electron chi connectivity index (χ1n) is 1.67. The van der Waals surface area contributed by atoms with Crippen LogP contribution in [0.25, 0.3) is 0 Å². The first-order valence-corrected chi connectivity index (χ1v) is 3.09. The van der Waals surface area contributed by atoms with E-state index in [1.165, 1.54) is 5.41 Å². The van der Waals surface area contributed by atoms with Crippen LogP contribution in [0.3, 0.4) is 0 Å². The first kappa shape index (κ1) is 7.05. The standard InChI is InChI=1S/C4H5ClOS/c1-2-7-4(6)3-5/h2H,1,3H2. The lowest BCUT2D eigenvalue weighted by atomic mass is 10.9. The highest BCUT2D eigenvalue weighted by atomic mass is 35.5. The zero-order chi connectivity index (χ0) is 5.70. The van der Waals surface area contributed by atoms with E-state index in [2.05, 4.69) is 6.58 Å². The van der Waals surface area contributed by atoms with Crippen LogP contribution in [0.15, 0.2) is 12.0 Å². The van der Waals surface area contributed by atoms with Crippen molar-refractivity contribution in [2.24, 2.45) is 0 Å². The molecule has 0 fully saturated rings. The van der Waals surface area contributed by atoms with E-state index in [-0.39, 0.29) is 11.0 Å². The van der Waals surface area contributed by atoms with Crippen LogP contribution in [0.4, 0.5) is 0 Å². The number of hydrogen-bond donors (Lipinski definition) is 0. The Morgan fingerprint density at radius 3 is 2.71 bits per heavy atom. The van der Waals surface area contributed by atoms with Crippen LogP contribution >= 0.6 is 23.4 Å². The van der Waals surface area contributed by atoms with Crippen molar-refractivity contribution in [1.29, 1.82) is 0 Å². The third kappa shape index (κ3) is 3.89. The molecule has 0 unspecified atom stereocenters. The number of hydrogen-bond acceptors (Lipinski definition) is 2. The molecule has 40 valence electrons. The Balaban J connectivity index is 3.17. The number of thioether (sulfide) groups is 1. The van der Waals surface area contributed by atoms with Crippen molar-refractivity contribution in [3.8, 4) is 0 Å². The highest BCUT2D eigenvalue weighted by Gasteiger charge is 1.91. The number of carbonyl (C=O) groups is 1. The second-order valence-corrected chi connectivity index (χ2v) is 2.08. The molecular formula is C4H5ClOS.